The van der Waals surface area contributed by atoms with Crippen molar-refractivity contribution in [3.05, 3.63) is 46.3 Å². The molecule has 0 aliphatic carbocycles. The Morgan fingerprint density at radius 1 is 0.875 bits per heavy atom. The van der Waals surface area contributed by atoms with Crippen LogP contribution in [0.1, 0.15) is 0 Å². The number of halogens is 2. The summed E-state index contributed by atoms with van der Waals surface area (Å²) in [5, 5.41) is 6.09. The number of rotatable bonds is 1. The maximum absolute atomic E-state index is 5.58. The molecule has 16 heavy (non-hydrogen) atoms. The number of nitrogens with zero attached hydrogens (tertiary/aromatic N) is 2. The normalized spacial score (nSPS) is 23.9. The van der Waals surface area contributed by atoms with Crippen LogP contribution in [0.15, 0.2) is 56.2 Å². The van der Waals surface area contributed by atoms with Gasteiger partial charge >= 0.3 is 0 Å². The smallest absolute Gasteiger partial charge is 0.141 e. The number of nitrogens with one attached hydrogen (secondary N) is 2. The van der Waals surface area contributed by atoms with Gasteiger partial charge in [-0.1, -0.05) is 23.2 Å². The number of allylic oxidation sites excluding steroid dienone is 2. The molecule has 0 amide bonds. The summed E-state index contributed by atoms with van der Waals surface area (Å²) in [5.41, 5.74) is 4.45. The Labute approximate surface area is 103 Å². The van der Waals surface area contributed by atoms with Gasteiger partial charge in [-0.3, -0.25) is 0 Å². The molecule has 0 atom stereocenters. The molecular formula is C10H8Cl2N4. The molecule has 0 spiro atoms. The lowest BCUT2D eigenvalue weighted by Crippen LogP contribution is -2.25. The Morgan fingerprint density at radius 3 is 1.69 bits per heavy atom. The summed E-state index contributed by atoms with van der Waals surface area (Å²) in [6.07, 6.45) is 6.98. The first kappa shape index (κ1) is 11.0. The average molecular weight is 255 g/mol. The van der Waals surface area contributed by atoms with Crippen molar-refractivity contribution in [2.45, 2.75) is 0 Å². The molecule has 0 bridgehead atoms. The summed E-state index contributed by atoms with van der Waals surface area (Å²) in [6, 6.07) is 0. The van der Waals surface area contributed by atoms with Gasteiger partial charge in [-0.2, -0.15) is 0 Å². The standard InChI is InChI=1S/C10H8Cl2N4/c11-5-9-13-3-1-7(15-9)8-2-4-14-10(6-12)16-8/h1-6,15-16H. The molecule has 0 radical (unpaired) electrons. The fourth-order valence-electron chi connectivity index (χ4n) is 1.23. The van der Waals surface area contributed by atoms with Crippen LogP contribution in [0, 0.1) is 0 Å². The van der Waals surface area contributed by atoms with Gasteiger partial charge in [0.15, 0.2) is 0 Å². The number of hydrogen-bond acceptors (Lipinski definition) is 4. The molecule has 2 aliphatic rings. The van der Waals surface area contributed by atoms with E-state index in [9.17, 15) is 0 Å². The molecule has 0 saturated heterocycles. The first-order valence-corrected chi connectivity index (χ1v) is 5.34. The van der Waals surface area contributed by atoms with Crippen molar-refractivity contribution in [1.82, 2.24) is 10.6 Å². The molecule has 0 aromatic heterocycles. The highest BCUT2D eigenvalue weighted by Gasteiger charge is 2.11. The van der Waals surface area contributed by atoms with Crippen LogP contribution < -0.4 is 10.6 Å². The highest BCUT2D eigenvalue weighted by atomic mass is 35.5. The minimum Gasteiger partial charge on any atom is -0.338 e. The van der Waals surface area contributed by atoms with Crippen LogP contribution in [0.5, 0.6) is 0 Å². The minimum absolute atomic E-state index is 0.584. The predicted octanol–water partition coefficient (Wildman–Crippen LogP) is 2.18. The molecule has 6 heteroatoms. The highest BCUT2D eigenvalue weighted by Crippen LogP contribution is 2.14. The Kier molecular flexibility index (Phi) is 3.44. The molecule has 4 nitrogen and oxygen atoms in total. The molecule has 0 aromatic rings. The van der Waals surface area contributed by atoms with Crippen LogP contribution in [-0.2, 0) is 0 Å². The van der Waals surface area contributed by atoms with Crippen molar-refractivity contribution in [2.75, 3.05) is 0 Å². The van der Waals surface area contributed by atoms with E-state index in [0.717, 1.165) is 11.4 Å². The number of hydrogen-bond donors (Lipinski definition) is 2. The molecule has 82 valence electrons. The highest BCUT2D eigenvalue weighted by molar-refractivity contribution is 6.26. The van der Waals surface area contributed by atoms with Crippen LogP contribution in [0.4, 0.5) is 0 Å². The van der Waals surface area contributed by atoms with E-state index in [1.807, 2.05) is 12.2 Å². The van der Waals surface area contributed by atoms with Crippen LogP contribution in [-0.4, -0.2) is 12.4 Å². The lowest BCUT2D eigenvalue weighted by molar-refractivity contribution is 0.871. The number of aliphatic imine (C=N–C) groups is 2. The van der Waals surface area contributed by atoms with Gasteiger partial charge in [-0.05, 0) is 12.2 Å². The first-order chi connectivity index (χ1) is 7.83. The zero-order valence-electron chi connectivity index (χ0n) is 8.11. The van der Waals surface area contributed by atoms with Crippen molar-refractivity contribution in [1.29, 1.82) is 0 Å². The third-order valence-corrected chi connectivity index (χ3v) is 2.35. The maximum atomic E-state index is 5.58. The Morgan fingerprint density at radius 2 is 1.31 bits per heavy atom. The lowest BCUT2D eigenvalue weighted by Gasteiger charge is -2.19. The van der Waals surface area contributed by atoms with E-state index in [0.29, 0.717) is 11.6 Å². The second-order valence-corrected chi connectivity index (χ2v) is 3.39. The van der Waals surface area contributed by atoms with E-state index in [1.165, 1.54) is 11.1 Å². The van der Waals surface area contributed by atoms with Crippen molar-refractivity contribution < 1.29 is 0 Å². The third-order valence-electron chi connectivity index (χ3n) is 1.93. The second-order valence-electron chi connectivity index (χ2n) is 2.96. The van der Waals surface area contributed by atoms with Crippen LogP contribution in [0.3, 0.4) is 0 Å². The van der Waals surface area contributed by atoms with Gasteiger partial charge in [0.2, 0.25) is 0 Å². The summed E-state index contributed by atoms with van der Waals surface area (Å²) in [7, 11) is 0. The zero-order chi connectivity index (χ0) is 11.4. The molecule has 0 saturated carbocycles. The van der Waals surface area contributed by atoms with E-state index in [2.05, 4.69) is 20.6 Å². The topological polar surface area (TPSA) is 48.8 Å². The van der Waals surface area contributed by atoms with Gasteiger partial charge in [0, 0.05) is 23.5 Å². The summed E-state index contributed by atoms with van der Waals surface area (Å²) >= 11 is 11.2. The van der Waals surface area contributed by atoms with E-state index < -0.39 is 0 Å². The molecule has 0 aromatic carbocycles. The Bertz CT molecular complexity index is 425. The van der Waals surface area contributed by atoms with Gasteiger partial charge in [0.25, 0.3) is 0 Å². The third kappa shape index (κ3) is 2.35. The molecule has 2 N–H and O–H groups in total. The van der Waals surface area contributed by atoms with Gasteiger partial charge < -0.3 is 10.6 Å². The maximum Gasteiger partial charge on any atom is 0.141 e. The minimum atomic E-state index is 0.584. The van der Waals surface area contributed by atoms with E-state index in [4.69, 9.17) is 23.2 Å². The Balaban J connectivity index is 2.21. The monoisotopic (exact) mass is 254 g/mol. The largest absolute Gasteiger partial charge is 0.338 e. The molecule has 2 heterocycles. The van der Waals surface area contributed by atoms with Crippen LogP contribution in [0.2, 0.25) is 0 Å². The van der Waals surface area contributed by atoms with Crippen molar-refractivity contribution in [3.8, 4) is 0 Å². The molecular weight excluding hydrogens is 247 g/mol. The van der Waals surface area contributed by atoms with Crippen molar-refractivity contribution >= 4 is 35.6 Å². The van der Waals surface area contributed by atoms with Crippen molar-refractivity contribution in [2.24, 2.45) is 9.98 Å². The van der Waals surface area contributed by atoms with Gasteiger partial charge in [0.05, 0.1) is 11.4 Å². The molecule has 0 unspecified atom stereocenters. The fraction of sp³-hybridized carbons (Fsp3) is 0. The average Bonchev–Trinajstić information content (AvgIpc) is 2.39. The van der Waals surface area contributed by atoms with Gasteiger partial charge in [-0.15, -0.1) is 0 Å². The zero-order valence-corrected chi connectivity index (χ0v) is 9.63. The van der Waals surface area contributed by atoms with Crippen molar-refractivity contribution in [3.63, 3.8) is 0 Å². The first-order valence-electron chi connectivity index (χ1n) is 4.47. The summed E-state index contributed by atoms with van der Waals surface area (Å²) < 4.78 is 0. The van der Waals surface area contributed by atoms with E-state index >= 15 is 0 Å². The van der Waals surface area contributed by atoms with Gasteiger partial charge in [-0.25, -0.2) is 9.98 Å². The lowest BCUT2D eigenvalue weighted by atomic mass is 10.2. The predicted molar refractivity (Wildman–Crippen MR) is 67.3 cm³/mol. The summed E-state index contributed by atoms with van der Waals surface area (Å²) in [5.74, 6) is 1.17. The summed E-state index contributed by atoms with van der Waals surface area (Å²) in [6.45, 7) is 0. The fourth-order valence-corrected chi connectivity index (χ4v) is 1.45. The Hall–Kier alpha value is -1.52. The second kappa shape index (κ2) is 5.01. The van der Waals surface area contributed by atoms with Gasteiger partial charge in [0.1, 0.15) is 11.6 Å². The van der Waals surface area contributed by atoms with Crippen LogP contribution in [0.25, 0.3) is 0 Å². The van der Waals surface area contributed by atoms with E-state index in [1.54, 1.807) is 12.4 Å². The molecule has 2 aliphatic heterocycles. The quantitative estimate of drug-likeness (QED) is 0.754. The van der Waals surface area contributed by atoms with Crippen LogP contribution >= 0.6 is 23.2 Å². The molecule has 0 fully saturated rings. The summed E-state index contributed by atoms with van der Waals surface area (Å²) in [4.78, 5) is 8.04. The molecule has 2 rings (SSSR count). The SMILES string of the molecule is ClC=C1N=CC=C(C2=CC=NC(=CCl)N2)N1. The van der Waals surface area contributed by atoms with E-state index in [-0.39, 0.29) is 0 Å².